The lowest BCUT2D eigenvalue weighted by molar-refractivity contribution is -0.141. The molecule has 5 rings (SSSR count). The Morgan fingerprint density at radius 2 is 1.61 bits per heavy atom. The Morgan fingerprint density at radius 1 is 0.917 bits per heavy atom. The number of hydrazine groups is 1. The van der Waals surface area contributed by atoms with Gasteiger partial charge in [-0.1, -0.05) is 31.2 Å². The van der Waals surface area contributed by atoms with Gasteiger partial charge in [0, 0.05) is 44.8 Å². The van der Waals surface area contributed by atoms with E-state index in [9.17, 15) is 14.4 Å². The van der Waals surface area contributed by atoms with Gasteiger partial charge in [0.05, 0.1) is 23.6 Å². The molecule has 2 aromatic rings. The van der Waals surface area contributed by atoms with Crippen molar-refractivity contribution in [3.05, 3.63) is 65.2 Å². The van der Waals surface area contributed by atoms with Crippen LogP contribution in [0.5, 0.6) is 0 Å². The van der Waals surface area contributed by atoms with Crippen LogP contribution in [0.25, 0.3) is 0 Å². The molecule has 3 heterocycles. The van der Waals surface area contributed by atoms with E-state index in [0.717, 1.165) is 17.8 Å². The van der Waals surface area contributed by atoms with Crippen molar-refractivity contribution in [2.24, 2.45) is 11.8 Å². The van der Waals surface area contributed by atoms with Crippen molar-refractivity contribution in [3.63, 3.8) is 0 Å². The van der Waals surface area contributed by atoms with Crippen LogP contribution < -0.4 is 10.4 Å². The van der Waals surface area contributed by atoms with Gasteiger partial charge in [-0.15, -0.1) is 0 Å². The molecule has 0 radical (unpaired) electrons. The molecule has 1 N–H and O–H groups in total. The van der Waals surface area contributed by atoms with E-state index in [4.69, 9.17) is 0 Å². The van der Waals surface area contributed by atoms with Gasteiger partial charge < -0.3 is 14.7 Å². The highest BCUT2D eigenvalue weighted by Crippen LogP contribution is 2.32. The zero-order valence-electron chi connectivity index (χ0n) is 21.3. The number of fused-ring (bicyclic) bond motifs is 1. The van der Waals surface area contributed by atoms with Gasteiger partial charge >= 0.3 is 0 Å². The van der Waals surface area contributed by atoms with Crippen LogP contribution in [0.3, 0.4) is 0 Å². The Labute approximate surface area is 212 Å². The molecule has 0 bridgehead atoms. The molecule has 36 heavy (non-hydrogen) atoms. The summed E-state index contributed by atoms with van der Waals surface area (Å²) in [5, 5.41) is 1.62. The number of hydrogen-bond acceptors (Lipinski definition) is 5. The van der Waals surface area contributed by atoms with E-state index in [-0.39, 0.29) is 35.6 Å². The largest absolute Gasteiger partial charge is 0.339 e. The summed E-state index contributed by atoms with van der Waals surface area (Å²) in [7, 11) is 0. The molecule has 3 atom stereocenters. The lowest BCUT2D eigenvalue weighted by atomic mass is 9.83. The minimum atomic E-state index is -0.316. The number of likely N-dealkylation sites (tertiary alicyclic amines) is 1. The van der Waals surface area contributed by atoms with E-state index < -0.39 is 0 Å². The molecule has 3 aliphatic rings. The average molecular weight is 490 g/mol. The van der Waals surface area contributed by atoms with Crippen LogP contribution in [0.15, 0.2) is 48.5 Å². The minimum absolute atomic E-state index is 0.0154. The highest BCUT2D eigenvalue weighted by atomic mass is 16.2. The number of amides is 3. The first kappa shape index (κ1) is 24.5. The van der Waals surface area contributed by atoms with Crippen molar-refractivity contribution >= 4 is 23.4 Å². The maximum absolute atomic E-state index is 13.8. The molecule has 2 aromatic carbocycles. The first-order valence-electron chi connectivity index (χ1n) is 12.9. The Kier molecular flexibility index (Phi) is 6.81. The van der Waals surface area contributed by atoms with Crippen molar-refractivity contribution in [2.75, 3.05) is 50.8 Å². The topological polar surface area (TPSA) is 76.2 Å². The summed E-state index contributed by atoms with van der Waals surface area (Å²) in [6.45, 7) is 10.2. The van der Waals surface area contributed by atoms with Gasteiger partial charge in [-0.3, -0.25) is 14.4 Å². The number of para-hydroxylation sites is 1. The number of nitrogens with one attached hydrogen (secondary N) is 1. The summed E-state index contributed by atoms with van der Waals surface area (Å²) >= 11 is 0. The number of piperidine rings is 1. The molecule has 3 aliphatic heterocycles. The van der Waals surface area contributed by atoms with Gasteiger partial charge in [-0.25, -0.2) is 10.4 Å². The lowest BCUT2D eigenvalue weighted by Gasteiger charge is -2.42. The number of aryl methyl sites for hydroxylation is 2. The van der Waals surface area contributed by atoms with E-state index in [1.54, 1.807) is 5.01 Å². The third-order valence-electron chi connectivity index (χ3n) is 8.00. The van der Waals surface area contributed by atoms with Crippen LogP contribution >= 0.6 is 0 Å². The van der Waals surface area contributed by atoms with Crippen LogP contribution in [0.1, 0.15) is 28.4 Å². The van der Waals surface area contributed by atoms with Crippen molar-refractivity contribution in [2.45, 2.75) is 26.8 Å². The molecule has 3 amide bonds. The standard InChI is InChI=1S/C28H35N5O3/c1-4-30-17-23(25-24(18-30)28(36)33(29-25)22-8-6-5-7-9-22)27(35)32-14-12-31(13-15-32)26(34)21-11-10-19(2)20(3)16-21/h5-11,16,23-25,29H,4,12-15,17-18H2,1-3H3. The molecule has 8 nitrogen and oxygen atoms in total. The van der Waals surface area contributed by atoms with Crippen LogP contribution in [0, 0.1) is 25.7 Å². The number of benzene rings is 2. The van der Waals surface area contributed by atoms with Crippen LogP contribution in [0.4, 0.5) is 5.69 Å². The molecule has 3 fully saturated rings. The Morgan fingerprint density at radius 3 is 2.28 bits per heavy atom. The zero-order valence-corrected chi connectivity index (χ0v) is 21.3. The average Bonchev–Trinajstić information content (AvgIpc) is 3.25. The van der Waals surface area contributed by atoms with E-state index in [2.05, 4.69) is 17.2 Å². The van der Waals surface area contributed by atoms with Crippen molar-refractivity contribution in [1.82, 2.24) is 20.1 Å². The van der Waals surface area contributed by atoms with Crippen LogP contribution in [0.2, 0.25) is 0 Å². The smallest absolute Gasteiger partial charge is 0.253 e. The first-order chi connectivity index (χ1) is 17.4. The molecule has 0 aliphatic carbocycles. The fourth-order valence-electron chi connectivity index (χ4n) is 5.62. The number of carbonyl (C=O) groups excluding carboxylic acids is 3. The van der Waals surface area contributed by atoms with Gasteiger partial charge in [0.15, 0.2) is 0 Å². The minimum Gasteiger partial charge on any atom is -0.339 e. The number of hydrogen-bond donors (Lipinski definition) is 1. The monoisotopic (exact) mass is 489 g/mol. The third kappa shape index (κ3) is 4.51. The summed E-state index contributed by atoms with van der Waals surface area (Å²) in [4.78, 5) is 46.0. The van der Waals surface area contributed by atoms with Crippen LogP contribution in [-0.4, -0.2) is 84.3 Å². The highest BCUT2D eigenvalue weighted by Gasteiger charge is 2.51. The van der Waals surface area contributed by atoms with E-state index in [0.29, 0.717) is 44.8 Å². The molecule has 190 valence electrons. The second-order valence-electron chi connectivity index (χ2n) is 10.1. The summed E-state index contributed by atoms with van der Waals surface area (Å²) in [5.41, 5.74) is 7.14. The molecule has 0 spiro atoms. The van der Waals surface area contributed by atoms with Gasteiger partial charge in [0.25, 0.3) is 5.91 Å². The van der Waals surface area contributed by atoms with E-state index in [1.807, 2.05) is 72.2 Å². The van der Waals surface area contributed by atoms with Gasteiger partial charge in [-0.05, 0) is 55.8 Å². The zero-order chi connectivity index (χ0) is 25.4. The number of anilines is 1. The molecule has 3 saturated heterocycles. The SMILES string of the molecule is CCN1CC(C(=O)N2CCN(C(=O)c3ccc(C)c(C)c3)CC2)C2NN(c3ccccc3)C(=O)C2C1. The fraction of sp³-hybridized carbons (Fsp3) is 0.464. The summed E-state index contributed by atoms with van der Waals surface area (Å²) in [6, 6.07) is 15.1. The predicted octanol–water partition coefficient (Wildman–Crippen LogP) is 2.08. The molecule has 0 aromatic heterocycles. The van der Waals surface area contributed by atoms with Crippen molar-refractivity contribution in [1.29, 1.82) is 0 Å². The second-order valence-corrected chi connectivity index (χ2v) is 10.1. The van der Waals surface area contributed by atoms with Crippen molar-refractivity contribution < 1.29 is 14.4 Å². The number of nitrogens with zero attached hydrogens (tertiary/aromatic N) is 4. The Hall–Kier alpha value is -3.23. The number of piperazine rings is 1. The van der Waals surface area contributed by atoms with Crippen LogP contribution in [-0.2, 0) is 9.59 Å². The summed E-state index contributed by atoms with van der Waals surface area (Å²) in [5.74, 6) is -0.479. The fourth-order valence-corrected chi connectivity index (χ4v) is 5.62. The summed E-state index contributed by atoms with van der Waals surface area (Å²) < 4.78 is 0. The molecule has 8 heteroatoms. The maximum Gasteiger partial charge on any atom is 0.253 e. The molecule has 0 saturated carbocycles. The van der Waals surface area contributed by atoms with E-state index in [1.165, 1.54) is 5.56 Å². The van der Waals surface area contributed by atoms with Gasteiger partial charge in [0.1, 0.15) is 0 Å². The predicted molar refractivity (Wildman–Crippen MR) is 138 cm³/mol. The van der Waals surface area contributed by atoms with Gasteiger partial charge in [-0.2, -0.15) is 0 Å². The number of rotatable bonds is 4. The third-order valence-corrected chi connectivity index (χ3v) is 8.00. The van der Waals surface area contributed by atoms with Gasteiger partial charge in [0.2, 0.25) is 11.8 Å². The molecule has 3 unspecified atom stereocenters. The Balaban J connectivity index is 1.27. The molecular weight excluding hydrogens is 454 g/mol. The second kappa shape index (κ2) is 10.0. The first-order valence-corrected chi connectivity index (χ1v) is 12.9. The quantitative estimate of drug-likeness (QED) is 0.712. The maximum atomic E-state index is 13.8. The van der Waals surface area contributed by atoms with Crippen molar-refractivity contribution in [3.8, 4) is 0 Å². The summed E-state index contributed by atoms with van der Waals surface area (Å²) in [6.07, 6.45) is 0. The highest BCUT2D eigenvalue weighted by molar-refractivity contribution is 5.98. The lowest BCUT2D eigenvalue weighted by Crippen LogP contribution is -2.60. The number of carbonyl (C=O) groups is 3. The Bertz CT molecular complexity index is 1150. The normalized spacial score (nSPS) is 24.7. The molecular formula is C28H35N5O3. The van der Waals surface area contributed by atoms with E-state index >= 15 is 0 Å².